The van der Waals surface area contributed by atoms with Gasteiger partial charge in [-0.3, -0.25) is 0 Å². The Balaban J connectivity index is 1.92. The van der Waals surface area contributed by atoms with Gasteiger partial charge in [-0.15, -0.1) is 11.6 Å². The van der Waals surface area contributed by atoms with E-state index in [1.165, 1.54) is 0 Å². The van der Waals surface area contributed by atoms with Gasteiger partial charge in [-0.05, 0) is 38.7 Å². The zero-order valence-electron chi connectivity index (χ0n) is 8.91. The summed E-state index contributed by atoms with van der Waals surface area (Å²) in [4.78, 5) is 8.40. The van der Waals surface area contributed by atoms with E-state index < -0.39 is 0 Å². The lowest BCUT2D eigenvalue weighted by molar-refractivity contribution is 0.467. The Kier molecular flexibility index (Phi) is 3.41. The van der Waals surface area contributed by atoms with Gasteiger partial charge in [0, 0.05) is 17.6 Å². The Morgan fingerprint density at radius 3 is 2.73 bits per heavy atom. The Bertz CT molecular complexity index is 321. The Morgan fingerprint density at radius 2 is 2.07 bits per heavy atom. The first kappa shape index (κ1) is 10.7. The maximum absolute atomic E-state index is 6.06. The lowest BCUT2D eigenvalue weighted by Crippen LogP contribution is -2.26. The minimum absolute atomic E-state index is 0.371. The molecule has 0 unspecified atom stereocenters. The molecule has 3 nitrogen and oxygen atoms in total. The standard InChI is InChI=1S/C11H16ClN3/c1-8-13-7-6-11(14-8)15-10-4-2-9(12)3-5-10/h6-7,9-10H,2-5H2,1H3,(H,13,14,15). The molecule has 1 aliphatic carbocycles. The van der Waals surface area contributed by atoms with E-state index in [0.29, 0.717) is 11.4 Å². The van der Waals surface area contributed by atoms with Gasteiger partial charge in [0.1, 0.15) is 11.6 Å². The van der Waals surface area contributed by atoms with Crippen LogP contribution in [-0.4, -0.2) is 21.4 Å². The minimum atomic E-state index is 0.371. The topological polar surface area (TPSA) is 37.8 Å². The molecule has 0 spiro atoms. The Morgan fingerprint density at radius 1 is 1.33 bits per heavy atom. The number of rotatable bonds is 2. The molecule has 0 radical (unpaired) electrons. The molecular weight excluding hydrogens is 210 g/mol. The fraction of sp³-hybridized carbons (Fsp3) is 0.636. The second-order valence-electron chi connectivity index (χ2n) is 4.08. The summed E-state index contributed by atoms with van der Waals surface area (Å²) in [7, 11) is 0. The fourth-order valence-electron chi connectivity index (χ4n) is 1.94. The summed E-state index contributed by atoms with van der Waals surface area (Å²) in [5.74, 6) is 1.74. The second-order valence-corrected chi connectivity index (χ2v) is 4.70. The first-order valence-electron chi connectivity index (χ1n) is 5.44. The number of nitrogens with one attached hydrogen (secondary N) is 1. The van der Waals surface area contributed by atoms with Gasteiger partial charge in [-0.25, -0.2) is 9.97 Å². The summed E-state index contributed by atoms with van der Waals surface area (Å²) < 4.78 is 0. The van der Waals surface area contributed by atoms with Crippen LogP contribution in [0.1, 0.15) is 31.5 Å². The molecular formula is C11H16ClN3. The van der Waals surface area contributed by atoms with Crippen molar-refractivity contribution in [2.24, 2.45) is 0 Å². The molecule has 15 heavy (non-hydrogen) atoms. The van der Waals surface area contributed by atoms with E-state index in [-0.39, 0.29) is 0 Å². The van der Waals surface area contributed by atoms with Crippen molar-refractivity contribution in [2.45, 2.75) is 44.0 Å². The summed E-state index contributed by atoms with van der Waals surface area (Å²) in [6.45, 7) is 1.90. The van der Waals surface area contributed by atoms with E-state index in [1.807, 2.05) is 13.0 Å². The van der Waals surface area contributed by atoms with E-state index in [2.05, 4.69) is 15.3 Å². The molecule has 0 saturated heterocycles. The zero-order chi connectivity index (χ0) is 10.7. The normalized spacial score (nSPS) is 26.3. The monoisotopic (exact) mass is 225 g/mol. The maximum atomic E-state index is 6.06. The lowest BCUT2D eigenvalue weighted by atomic mass is 9.95. The molecule has 0 aliphatic heterocycles. The molecule has 0 aromatic carbocycles. The quantitative estimate of drug-likeness (QED) is 0.787. The third-order valence-corrected chi connectivity index (χ3v) is 3.22. The van der Waals surface area contributed by atoms with Crippen molar-refractivity contribution in [3.8, 4) is 0 Å². The summed E-state index contributed by atoms with van der Waals surface area (Å²) in [5.41, 5.74) is 0. The molecule has 0 atom stereocenters. The number of anilines is 1. The van der Waals surface area contributed by atoms with Crippen LogP contribution in [0, 0.1) is 6.92 Å². The van der Waals surface area contributed by atoms with Crippen LogP contribution in [0.4, 0.5) is 5.82 Å². The molecule has 2 rings (SSSR count). The summed E-state index contributed by atoms with van der Waals surface area (Å²) in [5, 5.41) is 3.80. The third kappa shape index (κ3) is 3.06. The number of hydrogen-bond donors (Lipinski definition) is 1. The van der Waals surface area contributed by atoms with Crippen molar-refractivity contribution in [2.75, 3.05) is 5.32 Å². The predicted molar refractivity (Wildman–Crippen MR) is 62.3 cm³/mol. The van der Waals surface area contributed by atoms with Crippen LogP contribution in [0.3, 0.4) is 0 Å². The molecule has 1 aromatic rings. The highest BCUT2D eigenvalue weighted by Crippen LogP contribution is 2.24. The average Bonchev–Trinajstić information content (AvgIpc) is 2.22. The first-order valence-corrected chi connectivity index (χ1v) is 5.88. The summed E-state index contributed by atoms with van der Waals surface area (Å²) >= 11 is 6.06. The molecule has 0 bridgehead atoms. The van der Waals surface area contributed by atoms with Crippen molar-refractivity contribution >= 4 is 17.4 Å². The molecule has 4 heteroatoms. The molecule has 82 valence electrons. The van der Waals surface area contributed by atoms with Gasteiger partial charge in [0.2, 0.25) is 0 Å². The number of hydrogen-bond acceptors (Lipinski definition) is 3. The number of aromatic nitrogens is 2. The molecule has 1 aromatic heterocycles. The number of alkyl halides is 1. The number of aryl methyl sites for hydroxylation is 1. The van der Waals surface area contributed by atoms with Crippen LogP contribution >= 0.6 is 11.6 Å². The highest BCUT2D eigenvalue weighted by atomic mass is 35.5. The van der Waals surface area contributed by atoms with Gasteiger partial charge in [-0.1, -0.05) is 0 Å². The van der Waals surface area contributed by atoms with Gasteiger partial charge in [0.15, 0.2) is 0 Å². The van der Waals surface area contributed by atoms with Crippen LogP contribution in [0.5, 0.6) is 0 Å². The van der Waals surface area contributed by atoms with Crippen molar-refractivity contribution in [3.05, 3.63) is 18.1 Å². The van der Waals surface area contributed by atoms with E-state index in [4.69, 9.17) is 11.6 Å². The minimum Gasteiger partial charge on any atom is -0.367 e. The number of halogens is 1. The van der Waals surface area contributed by atoms with E-state index in [0.717, 1.165) is 37.3 Å². The van der Waals surface area contributed by atoms with Gasteiger partial charge in [0.05, 0.1) is 0 Å². The van der Waals surface area contributed by atoms with Gasteiger partial charge < -0.3 is 5.32 Å². The van der Waals surface area contributed by atoms with Crippen LogP contribution in [0.25, 0.3) is 0 Å². The highest BCUT2D eigenvalue weighted by Gasteiger charge is 2.19. The van der Waals surface area contributed by atoms with E-state index in [1.54, 1.807) is 6.20 Å². The van der Waals surface area contributed by atoms with Crippen molar-refractivity contribution in [1.29, 1.82) is 0 Å². The molecule has 1 N–H and O–H groups in total. The van der Waals surface area contributed by atoms with Crippen LogP contribution in [-0.2, 0) is 0 Å². The molecule has 1 fully saturated rings. The predicted octanol–water partition coefficient (Wildman–Crippen LogP) is 2.75. The van der Waals surface area contributed by atoms with Crippen LogP contribution in [0.2, 0.25) is 0 Å². The fourth-order valence-corrected chi connectivity index (χ4v) is 2.19. The molecule has 0 amide bonds. The molecule has 1 heterocycles. The molecule has 1 aliphatic rings. The average molecular weight is 226 g/mol. The summed E-state index contributed by atoms with van der Waals surface area (Å²) in [6, 6.07) is 2.44. The van der Waals surface area contributed by atoms with Gasteiger partial charge >= 0.3 is 0 Å². The van der Waals surface area contributed by atoms with Crippen molar-refractivity contribution < 1.29 is 0 Å². The smallest absolute Gasteiger partial charge is 0.129 e. The van der Waals surface area contributed by atoms with E-state index in [9.17, 15) is 0 Å². The highest BCUT2D eigenvalue weighted by molar-refractivity contribution is 6.20. The second kappa shape index (κ2) is 4.79. The SMILES string of the molecule is Cc1nccc(NC2CCC(Cl)CC2)n1. The van der Waals surface area contributed by atoms with Crippen LogP contribution < -0.4 is 5.32 Å². The third-order valence-electron chi connectivity index (χ3n) is 2.78. The van der Waals surface area contributed by atoms with Gasteiger partial charge in [0.25, 0.3) is 0 Å². The number of nitrogens with zero attached hydrogens (tertiary/aromatic N) is 2. The zero-order valence-corrected chi connectivity index (χ0v) is 9.67. The van der Waals surface area contributed by atoms with Gasteiger partial charge in [-0.2, -0.15) is 0 Å². The van der Waals surface area contributed by atoms with Crippen LogP contribution in [0.15, 0.2) is 12.3 Å². The van der Waals surface area contributed by atoms with Crippen molar-refractivity contribution in [1.82, 2.24) is 9.97 Å². The molecule has 1 saturated carbocycles. The van der Waals surface area contributed by atoms with Crippen molar-refractivity contribution in [3.63, 3.8) is 0 Å². The first-order chi connectivity index (χ1) is 7.24. The largest absolute Gasteiger partial charge is 0.367 e. The Hall–Kier alpha value is -0.830. The summed E-state index contributed by atoms with van der Waals surface area (Å²) in [6.07, 6.45) is 6.26. The van der Waals surface area contributed by atoms with E-state index >= 15 is 0 Å². The maximum Gasteiger partial charge on any atom is 0.129 e. The lowest BCUT2D eigenvalue weighted by Gasteiger charge is -2.26. The Labute approximate surface area is 95.3 Å².